The third-order valence-corrected chi connectivity index (χ3v) is 7.37. The molecule has 208 valence electrons. The fourth-order valence-corrected chi connectivity index (χ4v) is 5.50. The van der Waals surface area contributed by atoms with Crippen LogP contribution in [0.3, 0.4) is 0 Å². The molecule has 5 aromatic rings. The fourth-order valence-electron chi connectivity index (χ4n) is 5.50. The number of ether oxygens (including phenoxy) is 2. The number of pyridine rings is 3. The number of nitrogens with one attached hydrogen (secondary N) is 1. The van der Waals surface area contributed by atoms with Crippen molar-refractivity contribution in [3.8, 4) is 22.8 Å². The maximum Gasteiger partial charge on any atom is 0.212 e. The zero-order chi connectivity index (χ0) is 27.6. The fraction of sp³-hybridized carbons (Fsp3) is 0.379. The molecule has 0 aliphatic carbocycles. The number of hydrogen-bond donors (Lipinski definition) is 1. The molecule has 6 rings (SSSR count). The van der Waals surface area contributed by atoms with Gasteiger partial charge in [0.05, 0.1) is 37.0 Å². The maximum atomic E-state index is 5.84. The second-order valence-corrected chi connectivity index (χ2v) is 10.4. The Morgan fingerprint density at radius 3 is 2.70 bits per heavy atom. The highest BCUT2D eigenvalue weighted by Gasteiger charge is 2.28. The van der Waals surface area contributed by atoms with Crippen LogP contribution in [0.4, 0.5) is 5.82 Å². The number of rotatable bonds is 9. The number of anilines is 1. The van der Waals surface area contributed by atoms with Crippen LogP contribution in [0.1, 0.15) is 12.5 Å². The number of H-pyrrole nitrogens is 1. The molecule has 0 saturated carbocycles. The summed E-state index contributed by atoms with van der Waals surface area (Å²) in [7, 11) is 5.90. The Kier molecular flexibility index (Phi) is 7.23. The van der Waals surface area contributed by atoms with Crippen LogP contribution >= 0.6 is 0 Å². The molecular weight excluding hydrogens is 506 g/mol. The Labute approximate surface area is 233 Å². The van der Waals surface area contributed by atoms with Crippen LogP contribution in [0.5, 0.6) is 11.6 Å². The van der Waals surface area contributed by atoms with Crippen LogP contribution in [-0.2, 0) is 6.54 Å². The van der Waals surface area contributed by atoms with E-state index in [0.717, 1.165) is 72.0 Å². The van der Waals surface area contributed by atoms with Crippen LogP contribution in [0, 0.1) is 0 Å². The van der Waals surface area contributed by atoms with E-state index in [1.165, 1.54) is 5.56 Å². The number of piperazine rings is 1. The number of fused-ring (bicyclic) bond motifs is 3. The molecule has 0 bridgehead atoms. The topological polar surface area (TPSA) is 99.9 Å². The first-order valence-electron chi connectivity index (χ1n) is 13.6. The number of likely N-dealkylation sites (N-methyl/N-ethyl adjacent to an activating group) is 1. The van der Waals surface area contributed by atoms with Crippen molar-refractivity contribution in [2.24, 2.45) is 0 Å². The minimum absolute atomic E-state index is 0.357. The van der Waals surface area contributed by atoms with Crippen molar-refractivity contribution in [2.75, 3.05) is 58.9 Å². The van der Waals surface area contributed by atoms with Gasteiger partial charge in [0.1, 0.15) is 11.6 Å². The summed E-state index contributed by atoms with van der Waals surface area (Å²) in [6.07, 6.45) is 7.59. The van der Waals surface area contributed by atoms with Crippen molar-refractivity contribution >= 4 is 22.4 Å². The Hall–Kier alpha value is -4.22. The summed E-state index contributed by atoms with van der Waals surface area (Å²) >= 11 is 0. The first kappa shape index (κ1) is 26.0. The number of aromatic nitrogens is 6. The van der Waals surface area contributed by atoms with Crippen molar-refractivity contribution in [1.29, 1.82) is 0 Å². The predicted octanol–water partition coefficient (Wildman–Crippen LogP) is 3.33. The normalized spacial score (nSPS) is 16.3. The molecule has 0 amide bonds. The molecule has 40 heavy (non-hydrogen) atoms. The Morgan fingerprint density at radius 2 is 1.98 bits per heavy atom. The molecule has 11 nitrogen and oxygen atoms in total. The van der Waals surface area contributed by atoms with E-state index < -0.39 is 0 Å². The van der Waals surface area contributed by atoms with E-state index in [1.807, 2.05) is 42.3 Å². The number of nitrogens with zero attached hydrogens (tertiary/aromatic N) is 8. The van der Waals surface area contributed by atoms with Gasteiger partial charge in [-0.25, -0.2) is 14.5 Å². The van der Waals surface area contributed by atoms with Gasteiger partial charge in [0, 0.05) is 68.4 Å². The molecule has 6 heterocycles. The molecule has 1 unspecified atom stereocenters. The van der Waals surface area contributed by atoms with Gasteiger partial charge in [-0.3, -0.25) is 10.00 Å². The molecule has 1 fully saturated rings. The van der Waals surface area contributed by atoms with Crippen molar-refractivity contribution in [1.82, 2.24) is 39.6 Å². The van der Waals surface area contributed by atoms with E-state index >= 15 is 0 Å². The number of aromatic amines is 1. The molecule has 5 aromatic heterocycles. The molecule has 0 aromatic carbocycles. The average Bonchev–Trinajstić information content (AvgIpc) is 3.55. The molecule has 0 spiro atoms. The van der Waals surface area contributed by atoms with Crippen molar-refractivity contribution in [2.45, 2.75) is 19.5 Å². The molecule has 1 N–H and O–H groups in total. The molecule has 11 heteroatoms. The van der Waals surface area contributed by atoms with Crippen LogP contribution in [-0.4, -0.2) is 99.6 Å². The number of hydrogen-bond acceptors (Lipinski definition) is 9. The minimum atomic E-state index is 0.357. The van der Waals surface area contributed by atoms with Gasteiger partial charge in [0.15, 0.2) is 5.65 Å². The van der Waals surface area contributed by atoms with Gasteiger partial charge in [0.2, 0.25) is 5.88 Å². The van der Waals surface area contributed by atoms with Crippen molar-refractivity contribution in [3.63, 3.8) is 0 Å². The van der Waals surface area contributed by atoms with Crippen molar-refractivity contribution < 1.29 is 9.47 Å². The van der Waals surface area contributed by atoms with Gasteiger partial charge in [-0.15, -0.1) is 5.10 Å². The quantitative estimate of drug-likeness (QED) is 0.301. The van der Waals surface area contributed by atoms with Crippen LogP contribution in [0.25, 0.3) is 27.7 Å². The lowest BCUT2D eigenvalue weighted by molar-refractivity contribution is 0.138. The zero-order valence-electron chi connectivity index (χ0n) is 23.4. The lowest BCUT2D eigenvalue weighted by atomic mass is 10.1. The summed E-state index contributed by atoms with van der Waals surface area (Å²) in [5.41, 5.74) is 4.93. The predicted molar refractivity (Wildman–Crippen MR) is 155 cm³/mol. The lowest BCUT2D eigenvalue weighted by Gasteiger charge is -2.43. The van der Waals surface area contributed by atoms with E-state index in [9.17, 15) is 0 Å². The molecule has 0 radical (unpaired) electrons. The monoisotopic (exact) mass is 541 g/mol. The van der Waals surface area contributed by atoms with Crippen LogP contribution in [0.15, 0.2) is 55.1 Å². The Bertz CT molecular complexity index is 1580. The van der Waals surface area contributed by atoms with E-state index in [-0.39, 0.29) is 0 Å². The summed E-state index contributed by atoms with van der Waals surface area (Å²) in [6, 6.07) is 10.7. The summed E-state index contributed by atoms with van der Waals surface area (Å²) in [6.45, 7) is 7.13. The highest BCUT2D eigenvalue weighted by Crippen LogP contribution is 2.33. The van der Waals surface area contributed by atoms with E-state index in [2.05, 4.69) is 73.3 Å². The standard InChI is InChI=1S/C29H35N9O2/c1-5-40-23-12-24(28-25-15-32-33-29(25)34-38(28)19-23)21-7-8-26(30-14-21)37-11-10-36(22(18-37)17-35(2)3)16-20-6-9-27(39-4)31-13-20/h6-9,12-15,19,22H,5,10-11,16-18H2,1-4H3,(H,33,34). The first-order chi connectivity index (χ1) is 19.5. The Morgan fingerprint density at radius 1 is 1.07 bits per heavy atom. The molecule has 1 aliphatic heterocycles. The van der Waals surface area contributed by atoms with Gasteiger partial charge >= 0.3 is 0 Å². The highest BCUT2D eigenvalue weighted by atomic mass is 16.5. The third kappa shape index (κ3) is 5.17. The number of methoxy groups -OCH3 is 1. The summed E-state index contributed by atoms with van der Waals surface area (Å²) < 4.78 is 12.9. The molecule has 1 aliphatic rings. The van der Waals surface area contributed by atoms with Crippen LogP contribution in [0.2, 0.25) is 0 Å². The average molecular weight is 542 g/mol. The SMILES string of the molecule is CCOc1cc(-c2ccc(N3CCN(Cc4ccc(OC)nc4)C(CN(C)C)C3)nc2)c2c3cn[nH]c3nn2c1. The summed E-state index contributed by atoms with van der Waals surface area (Å²) in [5, 5.41) is 12.8. The van der Waals surface area contributed by atoms with E-state index in [0.29, 0.717) is 18.5 Å². The van der Waals surface area contributed by atoms with Gasteiger partial charge in [-0.05, 0) is 44.8 Å². The maximum absolute atomic E-state index is 5.84. The van der Waals surface area contributed by atoms with Crippen molar-refractivity contribution in [3.05, 3.63) is 60.7 Å². The second-order valence-electron chi connectivity index (χ2n) is 10.4. The molecular formula is C29H35N9O2. The first-order valence-corrected chi connectivity index (χ1v) is 13.6. The van der Waals surface area contributed by atoms with Crippen LogP contribution < -0.4 is 14.4 Å². The van der Waals surface area contributed by atoms with Gasteiger partial charge in [-0.1, -0.05) is 6.07 Å². The molecule has 1 atom stereocenters. The Balaban J connectivity index is 1.24. The highest BCUT2D eigenvalue weighted by molar-refractivity contribution is 6.00. The molecule has 1 saturated heterocycles. The lowest BCUT2D eigenvalue weighted by Crippen LogP contribution is -2.56. The van der Waals surface area contributed by atoms with Gasteiger partial charge < -0.3 is 19.3 Å². The van der Waals surface area contributed by atoms with Gasteiger partial charge in [0.25, 0.3) is 0 Å². The zero-order valence-corrected chi connectivity index (χ0v) is 23.4. The summed E-state index contributed by atoms with van der Waals surface area (Å²) in [5.74, 6) is 2.39. The smallest absolute Gasteiger partial charge is 0.212 e. The van der Waals surface area contributed by atoms with E-state index in [1.54, 1.807) is 7.11 Å². The third-order valence-electron chi connectivity index (χ3n) is 7.37. The minimum Gasteiger partial charge on any atom is -0.492 e. The second kappa shape index (κ2) is 11.1. The van der Waals surface area contributed by atoms with E-state index in [4.69, 9.17) is 14.5 Å². The summed E-state index contributed by atoms with van der Waals surface area (Å²) in [4.78, 5) is 16.5. The largest absolute Gasteiger partial charge is 0.492 e. The van der Waals surface area contributed by atoms with Gasteiger partial charge in [-0.2, -0.15) is 5.10 Å².